The fourth-order valence-corrected chi connectivity index (χ4v) is 3.29. The van der Waals surface area contributed by atoms with Crippen LogP contribution >= 0.6 is 11.3 Å². The normalized spacial score (nSPS) is 17.4. The van der Waals surface area contributed by atoms with Crippen molar-refractivity contribution in [2.24, 2.45) is 0 Å². The summed E-state index contributed by atoms with van der Waals surface area (Å²) in [5.41, 5.74) is 0.270. The van der Waals surface area contributed by atoms with E-state index in [9.17, 15) is 9.90 Å². The maximum Gasteiger partial charge on any atom is 0.315 e. The van der Waals surface area contributed by atoms with Gasteiger partial charge in [0, 0.05) is 11.4 Å². The van der Waals surface area contributed by atoms with Crippen molar-refractivity contribution in [3.63, 3.8) is 0 Å². The number of aromatic nitrogens is 1. The average Bonchev–Trinajstić information content (AvgIpc) is 2.91. The summed E-state index contributed by atoms with van der Waals surface area (Å²) in [5, 5.41) is 16.7. The maximum atomic E-state index is 11.7. The Balaban J connectivity index is 1.74. The Morgan fingerprint density at radius 3 is 2.63 bits per heavy atom. The van der Waals surface area contributed by atoms with Gasteiger partial charge in [-0.3, -0.25) is 0 Å². The van der Waals surface area contributed by atoms with E-state index >= 15 is 0 Å². The number of aryl methyl sites for hydroxylation is 2. The van der Waals surface area contributed by atoms with E-state index < -0.39 is 5.60 Å². The summed E-state index contributed by atoms with van der Waals surface area (Å²) in [7, 11) is 0. The highest BCUT2D eigenvalue weighted by Crippen LogP contribution is 2.28. The molecule has 106 valence electrons. The molecule has 19 heavy (non-hydrogen) atoms. The zero-order valence-corrected chi connectivity index (χ0v) is 12.3. The van der Waals surface area contributed by atoms with Gasteiger partial charge in [-0.1, -0.05) is 12.8 Å². The zero-order valence-electron chi connectivity index (χ0n) is 11.5. The van der Waals surface area contributed by atoms with Crippen LogP contribution in [0.1, 0.15) is 41.3 Å². The van der Waals surface area contributed by atoms with Gasteiger partial charge in [-0.2, -0.15) is 0 Å². The Hall–Kier alpha value is -1.14. The predicted molar refractivity (Wildman–Crippen MR) is 75.2 cm³/mol. The maximum absolute atomic E-state index is 11.7. The SMILES string of the molecule is Cc1nc(C)c(CNC(=O)NCC2(O)CCCC2)s1. The van der Waals surface area contributed by atoms with Crippen LogP contribution in [0.25, 0.3) is 0 Å². The lowest BCUT2D eigenvalue weighted by Gasteiger charge is -2.22. The molecule has 1 aromatic rings. The lowest BCUT2D eigenvalue weighted by atomic mass is 10.0. The van der Waals surface area contributed by atoms with Gasteiger partial charge in [0.2, 0.25) is 0 Å². The summed E-state index contributed by atoms with van der Waals surface area (Å²) in [4.78, 5) is 17.1. The average molecular weight is 283 g/mol. The van der Waals surface area contributed by atoms with E-state index in [2.05, 4.69) is 15.6 Å². The number of amides is 2. The number of urea groups is 1. The van der Waals surface area contributed by atoms with Crippen LogP contribution in [0.3, 0.4) is 0 Å². The minimum atomic E-state index is -0.700. The predicted octanol–water partition coefficient (Wildman–Crippen LogP) is 1.86. The van der Waals surface area contributed by atoms with Crippen LogP contribution in [-0.2, 0) is 6.54 Å². The molecule has 2 rings (SSSR count). The third-order valence-corrected chi connectivity index (χ3v) is 4.59. The second-order valence-electron chi connectivity index (χ2n) is 5.21. The molecule has 0 spiro atoms. The Morgan fingerprint density at radius 2 is 2.05 bits per heavy atom. The van der Waals surface area contributed by atoms with Gasteiger partial charge < -0.3 is 15.7 Å². The Labute approximate surface area is 117 Å². The molecule has 1 aliphatic carbocycles. The molecule has 5 nitrogen and oxygen atoms in total. The zero-order chi connectivity index (χ0) is 13.9. The molecule has 0 unspecified atom stereocenters. The fraction of sp³-hybridized carbons (Fsp3) is 0.692. The number of aliphatic hydroxyl groups is 1. The highest BCUT2D eigenvalue weighted by atomic mass is 32.1. The minimum absolute atomic E-state index is 0.231. The molecule has 1 saturated carbocycles. The van der Waals surface area contributed by atoms with Crippen LogP contribution in [-0.4, -0.2) is 28.3 Å². The first-order valence-electron chi connectivity index (χ1n) is 6.65. The first-order valence-corrected chi connectivity index (χ1v) is 7.47. The quantitative estimate of drug-likeness (QED) is 0.789. The largest absolute Gasteiger partial charge is 0.388 e. The van der Waals surface area contributed by atoms with Gasteiger partial charge in [0.15, 0.2) is 0 Å². The summed E-state index contributed by atoms with van der Waals surface area (Å²) in [5.74, 6) is 0. The molecule has 0 atom stereocenters. The van der Waals surface area contributed by atoms with Crippen molar-refractivity contribution in [2.75, 3.05) is 6.54 Å². The third-order valence-electron chi connectivity index (χ3n) is 3.52. The summed E-state index contributed by atoms with van der Waals surface area (Å²) >= 11 is 1.60. The number of nitrogens with one attached hydrogen (secondary N) is 2. The van der Waals surface area contributed by atoms with Crippen molar-refractivity contribution in [2.45, 2.75) is 51.7 Å². The third kappa shape index (κ3) is 3.91. The number of carbonyl (C=O) groups is 1. The Bertz CT molecular complexity index is 453. The fourth-order valence-electron chi connectivity index (χ4n) is 2.42. The lowest BCUT2D eigenvalue weighted by molar-refractivity contribution is 0.0501. The van der Waals surface area contributed by atoms with Crippen LogP contribution in [0.4, 0.5) is 4.79 Å². The lowest BCUT2D eigenvalue weighted by Crippen LogP contribution is -2.44. The monoisotopic (exact) mass is 283 g/mol. The van der Waals surface area contributed by atoms with Gasteiger partial charge >= 0.3 is 6.03 Å². The molecule has 1 aliphatic rings. The van der Waals surface area contributed by atoms with Gasteiger partial charge in [-0.25, -0.2) is 9.78 Å². The van der Waals surface area contributed by atoms with Gasteiger partial charge in [0.1, 0.15) is 0 Å². The number of hydrogen-bond donors (Lipinski definition) is 3. The molecule has 1 fully saturated rings. The second kappa shape index (κ2) is 5.88. The minimum Gasteiger partial charge on any atom is -0.388 e. The molecular formula is C13H21N3O2S. The van der Waals surface area contributed by atoms with E-state index in [4.69, 9.17) is 0 Å². The van der Waals surface area contributed by atoms with Crippen molar-refractivity contribution in [3.8, 4) is 0 Å². The topological polar surface area (TPSA) is 74.2 Å². The van der Waals surface area contributed by atoms with E-state index in [1.165, 1.54) is 0 Å². The number of nitrogens with zero attached hydrogens (tertiary/aromatic N) is 1. The summed E-state index contributed by atoms with van der Waals surface area (Å²) in [6, 6.07) is -0.231. The van der Waals surface area contributed by atoms with E-state index in [0.717, 1.165) is 41.3 Å². The summed E-state index contributed by atoms with van der Waals surface area (Å²) < 4.78 is 0. The summed E-state index contributed by atoms with van der Waals surface area (Å²) in [6.45, 7) is 4.72. The highest BCUT2D eigenvalue weighted by molar-refractivity contribution is 7.11. The smallest absolute Gasteiger partial charge is 0.315 e. The van der Waals surface area contributed by atoms with Crippen LogP contribution < -0.4 is 10.6 Å². The molecule has 1 aromatic heterocycles. The van der Waals surface area contributed by atoms with Crippen molar-refractivity contribution in [1.82, 2.24) is 15.6 Å². The van der Waals surface area contributed by atoms with Crippen molar-refractivity contribution >= 4 is 17.4 Å². The first-order chi connectivity index (χ1) is 8.98. The van der Waals surface area contributed by atoms with E-state index in [0.29, 0.717) is 13.1 Å². The van der Waals surface area contributed by atoms with Crippen LogP contribution in [0.15, 0.2) is 0 Å². The van der Waals surface area contributed by atoms with Crippen LogP contribution in [0, 0.1) is 13.8 Å². The molecule has 1 heterocycles. The number of rotatable bonds is 4. The molecular weight excluding hydrogens is 262 g/mol. The van der Waals surface area contributed by atoms with E-state index in [-0.39, 0.29) is 6.03 Å². The molecule has 2 amide bonds. The Morgan fingerprint density at radius 1 is 1.37 bits per heavy atom. The summed E-state index contributed by atoms with van der Waals surface area (Å²) in [6.07, 6.45) is 3.64. The van der Waals surface area contributed by atoms with Crippen molar-refractivity contribution < 1.29 is 9.90 Å². The first kappa shape index (κ1) is 14.3. The van der Waals surface area contributed by atoms with E-state index in [1.54, 1.807) is 11.3 Å². The molecule has 0 aromatic carbocycles. The molecule has 0 aliphatic heterocycles. The van der Waals surface area contributed by atoms with E-state index in [1.807, 2.05) is 13.8 Å². The van der Waals surface area contributed by atoms with Crippen LogP contribution in [0.5, 0.6) is 0 Å². The van der Waals surface area contributed by atoms with Gasteiger partial charge in [-0.15, -0.1) is 11.3 Å². The standard InChI is InChI=1S/C13H21N3O2S/c1-9-11(19-10(2)16-9)7-14-12(17)15-8-13(18)5-3-4-6-13/h18H,3-8H2,1-2H3,(H2,14,15,17). The second-order valence-corrected chi connectivity index (χ2v) is 6.50. The van der Waals surface area contributed by atoms with Crippen molar-refractivity contribution in [3.05, 3.63) is 15.6 Å². The van der Waals surface area contributed by atoms with Crippen molar-refractivity contribution in [1.29, 1.82) is 0 Å². The molecule has 3 N–H and O–H groups in total. The van der Waals surface area contributed by atoms with Crippen LogP contribution in [0.2, 0.25) is 0 Å². The van der Waals surface area contributed by atoms with Gasteiger partial charge in [-0.05, 0) is 26.7 Å². The highest BCUT2D eigenvalue weighted by Gasteiger charge is 2.31. The van der Waals surface area contributed by atoms with Gasteiger partial charge in [0.25, 0.3) is 0 Å². The number of hydrogen-bond acceptors (Lipinski definition) is 4. The van der Waals surface area contributed by atoms with Gasteiger partial charge in [0.05, 0.1) is 22.8 Å². The molecule has 0 saturated heterocycles. The number of carbonyl (C=O) groups excluding carboxylic acids is 1. The molecule has 0 bridgehead atoms. The Kier molecular flexibility index (Phi) is 4.42. The molecule has 6 heteroatoms. The number of thiazole rings is 1. The molecule has 0 radical (unpaired) electrons.